The Morgan fingerprint density at radius 2 is 0.500 bits per heavy atom. The van der Waals surface area contributed by atoms with Crippen LogP contribution in [-0.4, -0.2) is 158 Å². The number of unbranched alkanes of at least 4 members (excludes halogenated alkanes) is 45. The summed E-state index contributed by atoms with van der Waals surface area (Å²) in [6.45, 7) is 14.6. The topological polar surface area (TPSA) is 152 Å². The molecule has 0 spiro atoms. The van der Waals surface area contributed by atoms with E-state index in [1.165, 1.54) is 203 Å². The Morgan fingerprint density at radius 1 is 0.269 bits per heavy atom. The summed E-state index contributed by atoms with van der Waals surface area (Å²) in [5.41, 5.74) is 0. The fourth-order valence-electron chi connectivity index (χ4n) is 13.8. The number of allylic oxidation sites excluding steroid dienone is 2. The summed E-state index contributed by atoms with van der Waals surface area (Å²) in [5.74, 6) is 1.32. The van der Waals surface area contributed by atoms with E-state index in [0.29, 0.717) is 38.9 Å². The molecule has 0 aromatic rings. The first kappa shape index (κ1) is 105. The first-order chi connectivity index (χ1) is 52.8. The van der Waals surface area contributed by atoms with Crippen molar-refractivity contribution in [3.63, 3.8) is 0 Å². The van der Waals surface area contributed by atoms with E-state index in [1.54, 1.807) is 0 Å². The molecule has 0 N–H and O–H groups in total. The number of esters is 4. The molecule has 0 aliphatic carbocycles. The van der Waals surface area contributed by atoms with Gasteiger partial charge in [0.25, 0.3) is 10.5 Å². The van der Waals surface area contributed by atoms with Gasteiger partial charge in [0.2, 0.25) is 0 Å². The number of carbonyl (C=O) groups is 6. The minimum atomic E-state index is -0.114. The van der Waals surface area contributed by atoms with Crippen molar-refractivity contribution in [2.45, 2.75) is 438 Å². The summed E-state index contributed by atoms with van der Waals surface area (Å²) < 4.78 is 23.1. The van der Waals surface area contributed by atoms with E-state index in [4.69, 9.17) is 18.9 Å². The van der Waals surface area contributed by atoms with Gasteiger partial charge < -0.3 is 38.5 Å². The average molecular weight is 1560 g/mol. The Hall–Kier alpha value is -3.08. The third-order valence-corrected chi connectivity index (χ3v) is 22.7. The van der Waals surface area contributed by atoms with Crippen molar-refractivity contribution in [2.24, 2.45) is 0 Å². The molecule has 1 unspecified atom stereocenters. The molecule has 0 bridgehead atoms. The van der Waals surface area contributed by atoms with Crippen LogP contribution in [0.2, 0.25) is 0 Å². The molecule has 16 heteroatoms. The Balaban J connectivity index is 4.35. The predicted molar refractivity (Wildman–Crippen MR) is 465 cm³/mol. The van der Waals surface area contributed by atoms with E-state index in [0.717, 1.165) is 243 Å². The number of rotatable bonds is 83. The molecule has 2 amide bonds. The molecule has 0 heterocycles. The van der Waals surface area contributed by atoms with Gasteiger partial charge in [-0.05, 0) is 157 Å². The van der Waals surface area contributed by atoms with Gasteiger partial charge >= 0.3 is 23.9 Å². The van der Waals surface area contributed by atoms with Crippen LogP contribution < -0.4 is 0 Å². The average Bonchev–Trinajstić information content (AvgIpc) is 1.01. The molecule has 0 aliphatic rings. The van der Waals surface area contributed by atoms with Crippen molar-refractivity contribution in [3.8, 4) is 0 Å². The lowest BCUT2D eigenvalue weighted by Crippen LogP contribution is -2.30. The molecule has 0 radical (unpaired) electrons. The molecule has 0 saturated heterocycles. The maximum absolute atomic E-state index is 13.3. The van der Waals surface area contributed by atoms with Crippen molar-refractivity contribution in [2.75, 3.05) is 92.2 Å². The van der Waals surface area contributed by atoms with Gasteiger partial charge in [-0.3, -0.25) is 28.8 Å². The van der Waals surface area contributed by atoms with Gasteiger partial charge in [-0.2, -0.15) is 0 Å². The van der Waals surface area contributed by atoms with Crippen LogP contribution in [0, 0.1) is 0 Å². The lowest BCUT2D eigenvalue weighted by molar-refractivity contribution is -0.151. The van der Waals surface area contributed by atoms with Gasteiger partial charge in [0.05, 0.1) is 0 Å². The second-order valence-corrected chi connectivity index (χ2v) is 34.1. The lowest BCUT2D eigenvalue weighted by Gasteiger charge is -2.22. The molecule has 0 fully saturated rings. The molecule has 0 aromatic carbocycles. The first-order valence-electron chi connectivity index (χ1n) is 45.9. The van der Waals surface area contributed by atoms with Crippen molar-refractivity contribution < 1.29 is 47.7 Å². The van der Waals surface area contributed by atoms with E-state index in [2.05, 4.69) is 59.4 Å². The molecule has 0 rings (SSSR count). The number of ether oxygens (including phenoxy) is 4. The standard InChI is InChI=1S/C92H174N4O10S2/c1-9-13-17-21-33-51-65-81-103-87(97)71-57-43-35-47-61-75-96(92(102)108-84-80-94(7)8)78-64-50-38-46-60-74-90(100)106-86(69-55-41-22-18-14-10-2)70-56-42-32-30-28-26-24-23-25-27-29-31-34-52-66-82-104-88(98)72-58-44-36-48-62-76-95(91(101)107-83-79-93(5)6)77-63-49-37-45-59-73-89(99)105-85(67-53-39-19-15-11-3)68-54-40-20-16-12-4/h51-52,65-66,85-86H,9-50,53-64,67-84H2,1-8H3/b65-51-,66-52-. The van der Waals surface area contributed by atoms with Crippen LogP contribution in [0.4, 0.5) is 9.59 Å². The monoisotopic (exact) mass is 1560 g/mol. The van der Waals surface area contributed by atoms with Gasteiger partial charge in [-0.1, -0.05) is 320 Å². The maximum atomic E-state index is 13.3. The van der Waals surface area contributed by atoms with Crippen LogP contribution >= 0.6 is 23.5 Å². The van der Waals surface area contributed by atoms with Crippen molar-refractivity contribution in [1.29, 1.82) is 0 Å². The Morgan fingerprint density at radius 3 is 0.778 bits per heavy atom. The van der Waals surface area contributed by atoms with E-state index in [1.807, 2.05) is 40.3 Å². The van der Waals surface area contributed by atoms with Crippen LogP contribution in [-0.2, 0) is 38.1 Å². The summed E-state index contributed by atoms with van der Waals surface area (Å²) in [4.78, 5) is 85.6. The van der Waals surface area contributed by atoms with Gasteiger partial charge in [-0.25, -0.2) is 0 Å². The summed E-state index contributed by atoms with van der Waals surface area (Å²) in [7, 11) is 8.18. The summed E-state index contributed by atoms with van der Waals surface area (Å²) in [6, 6.07) is 0. The van der Waals surface area contributed by atoms with Gasteiger partial charge in [-0.15, -0.1) is 0 Å². The molecule has 14 nitrogen and oxygen atoms in total. The van der Waals surface area contributed by atoms with E-state index in [-0.39, 0.29) is 46.6 Å². The summed E-state index contributed by atoms with van der Waals surface area (Å²) in [5, 5.41) is 0.368. The van der Waals surface area contributed by atoms with E-state index < -0.39 is 0 Å². The smallest absolute Gasteiger partial charge is 0.306 e. The van der Waals surface area contributed by atoms with Crippen LogP contribution in [0.3, 0.4) is 0 Å². The summed E-state index contributed by atoms with van der Waals surface area (Å²) in [6.07, 6.45) is 76.3. The Bertz CT molecular complexity index is 2070. The predicted octanol–water partition coefficient (Wildman–Crippen LogP) is 26.7. The molecular formula is C92H174N4O10S2. The fourth-order valence-corrected chi connectivity index (χ4v) is 15.8. The van der Waals surface area contributed by atoms with Crippen LogP contribution in [0.5, 0.6) is 0 Å². The maximum Gasteiger partial charge on any atom is 0.306 e. The normalized spacial score (nSPS) is 12.0. The zero-order chi connectivity index (χ0) is 78.9. The third-order valence-electron chi connectivity index (χ3n) is 20.9. The zero-order valence-electron chi connectivity index (χ0n) is 72.1. The highest BCUT2D eigenvalue weighted by Crippen LogP contribution is 2.23. The highest BCUT2D eigenvalue weighted by molar-refractivity contribution is 8.13. The molecule has 634 valence electrons. The number of carbonyl (C=O) groups excluding carboxylic acids is 6. The van der Waals surface area contributed by atoms with Crippen molar-refractivity contribution in [3.05, 3.63) is 24.3 Å². The molecule has 108 heavy (non-hydrogen) atoms. The largest absolute Gasteiger partial charge is 0.462 e. The second kappa shape index (κ2) is 83.4. The third kappa shape index (κ3) is 76.9. The fraction of sp³-hybridized carbons (Fsp3) is 0.891. The van der Waals surface area contributed by atoms with Crippen molar-refractivity contribution >= 4 is 57.9 Å². The van der Waals surface area contributed by atoms with Gasteiger partial charge in [0.1, 0.15) is 25.4 Å². The van der Waals surface area contributed by atoms with Crippen molar-refractivity contribution in [1.82, 2.24) is 19.6 Å². The van der Waals surface area contributed by atoms with Gasteiger partial charge in [0, 0.05) is 76.5 Å². The quantitative estimate of drug-likeness (QED) is 0.0246. The highest BCUT2D eigenvalue weighted by atomic mass is 32.2. The number of hydrogen-bond acceptors (Lipinski definition) is 14. The Labute approximate surface area is 675 Å². The van der Waals surface area contributed by atoms with Crippen LogP contribution in [0.1, 0.15) is 426 Å². The molecule has 0 saturated carbocycles. The van der Waals surface area contributed by atoms with Crippen LogP contribution in [0.25, 0.3) is 0 Å². The Kier molecular flexibility index (Phi) is 81.0. The molecule has 0 aliphatic heterocycles. The molecular weight excluding hydrogens is 1390 g/mol. The van der Waals surface area contributed by atoms with Gasteiger partial charge in [0.15, 0.2) is 0 Å². The van der Waals surface area contributed by atoms with E-state index >= 15 is 0 Å². The lowest BCUT2D eigenvalue weighted by atomic mass is 10.0. The molecule has 1 atom stereocenters. The zero-order valence-corrected chi connectivity index (χ0v) is 73.7. The highest BCUT2D eigenvalue weighted by Gasteiger charge is 2.19. The van der Waals surface area contributed by atoms with E-state index in [9.17, 15) is 28.8 Å². The number of thioether (sulfide) groups is 2. The molecule has 0 aromatic heterocycles. The van der Waals surface area contributed by atoms with Crippen LogP contribution in [0.15, 0.2) is 24.3 Å². The first-order valence-corrected chi connectivity index (χ1v) is 47.9. The number of nitrogens with zero attached hydrogens (tertiary/aromatic N) is 4. The second-order valence-electron chi connectivity index (χ2n) is 32.0. The minimum absolute atomic E-state index is 0.0201. The number of hydrogen-bond donors (Lipinski definition) is 0. The number of amides is 2. The SMILES string of the molecule is CCCCCC/C=C\COC(=O)CCCCCCCN(CCCCCCCC(=O)OC(CCCCCCCC)CCCCCCCCCCCCCC/C=C\COC(=O)CCCCCCCN(CCCCCCCC(=O)OC(CCCCCCC)CCCCCCC)C(=O)SCCN(C)C)C(=O)SCCN(C)C. The summed E-state index contributed by atoms with van der Waals surface area (Å²) >= 11 is 2.87. The minimum Gasteiger partial charge on any atom is -0.462 e.